The summed E-state index contributed by atoms with van der Waals surface area (Å²) in [6.07, 6.45) is 9.55. The Kier molecular flexibility index (Phi) is 3.51. The molecule has 102 valence electrons. The molecule has 2 fully saturated rings. The first-order chi connectivity index (χ1) is 9.24. The van der Waals surface area contributed by atoms with Crippen molar-refractivity contribution < 1.29 is 4.79 Å². The highest BCUT2D eigenvalue weighted by molar-refractivity contribution is 5.95. The quantitative estimate of drug-likeness (QED) is 0.856. The van der Waals surface area contributed by atoms with Crippen LogP contribution in [0.3, 0.4) is 0 Å². The van der Waals surface area contributed by atoms with Crippen molar-refractivity contribution in [3.8, 4) is 0 Å². The van der Waals surface area contributed by atoms with Gasteiger partial charge < -0.3 is 10.6 Å². The number of hydrogen-bond acceptors (Lipinski definition) is 3. The monoisotopic (exact) mass is 259 g/mol. The van der Waals surface area contributed by atoms with Crippen molar-refractivity contribution in [2.75, 3.05) is 5.32 Å². The summed E-state index contributed by atoms with van der Waals surface area (Å²) in [6.45, 7) is 1.99. The van der Waals surface area contributed by atoms with Crippen molar-refractivity contribution >= 4 is 11.6 Å². The van der Waals surface area contributed by atoms with E-state index in [0.29, 0.717) is 12.0 Å². The molecule has 3 rings (SSSR count). The Morgan fingerprint density at radius 1 is 1.42 bits per heavy atom. The fourth-order valence-electron chi connectivity index (χ4n) is 3.34. The zero-order valence-electron chi connectivity index (χ0n) is 11.4. The first-order valence-corrected chi connectivity index (χ1v) is 7.21. The molecule has 0 aromatic carbocycles. The molecule has 1 saturated heterocycles. The van der Waals surface area contributed by atoms with Crippen LogP contribution in [-0.2, 0) is 4.79 Å². The van der Waals surface area contributed by atoms with E-state index in [1.807, 2.05) is 13.0 Å². The summed E-state index contributed by atoms with van der Waals surface area (Å²) in [6, 6.07) is 2.43. The molecular weight excluding hydrogens is 238 g/mol. The molecule has 3 atom stereocenters. The largest absolute Gasteiger partial charge is 0.323 e. The second kappa shape index (κ2) is 5.29. The van der Waals surface area contributed by atoms with E-state index >= 15 is 0 Å². The molecule has 1 aliphatic heterocycles. The number of rotatable bonds is 2. The van der Waals surface area contributed by atoms with Gasteiger partial charge in [0.15, 0.2) is 0 Å². The molecule has 4 nitrogen and oxygen atoms in total. The van der Waals surface area contributed by atoms with Crippen LogP contribution in [0.1, 0.15) is 37.7 Å². The molecule has 0 bridgehead atoms. The van der Waals surface area contributed by atoms with E-state index < -0.39 is 0 Å². The Morgan fingerprint density at radius 2 is 2.26 bits per heavy atom. The van der Waals surface area contributed by atoms with E-state index in [1.54, 1.807) is 12.4 Å². The van der Waals surface area contributed by atoms with Crippen LogP contribution in [0.15, 0.2) is 18.5 Å². The van der Waals surface area contributed by atoms with Gasteiger partial charge in [-0.05, 0) is 43.7 Å². The molecule has 0 radical (unpaired) electrons. The molecule has 1 aliphatic carbocycles. The summed E-state index contributed by atoms with van der Waals surface area (Å²) in [5.41, 5.74) is 1.88. The van der Waals surface area contributed by atoms with Gasteiger partial charge >= 0.3 is 0 Å². The van der Waals surface area contributed by atoms with Crippen LogP contribution in [-0.4, -0.2) is 23.0 Å². The van der Waals surface area contributed by atoms with Gasteiger partial charge in [0.1, 0.15) is 0 Å². The second-order valence-electron chi connectivity index (χ2n) is 5.79. The number of aryl methyl sites for hydroxylation is 1. The van der Waals surface area contributed by atoms with Gasteiger partial charge in [0.2, 0.25) is 5.91 Å². The van der Waals surface area contributed by atoms with Crippen LogP contribution >= 0.6 is 0 Å². The predicted molar refractivity (Wildman–Crippen MR) is 74.9 cm³/mol. The average Bonchev–Trinajstić information content (AvgIpc) is 2.85. The summed E-state index contributed by atoms with van der Waals surface area (Å²) < 4.78 is 0. The molecule has 1 amide bonds. The first-order valence-electron chi connectivity index (χ1n) is 7.21. The molecule has 0 spiro atoms. The van der Waals surface area contributed by atoms with Crippen LogP contribution in [0.5, 0.6) is 0 Å². The van der Waals surface area contributed by atoms with E-state index in [0.717, 1.165) is 17.7 Å². The lowest BCUT2D eigenvalue weighted by Crippen LogP contribution is -2.40. The third-order valence-corrected chi connectivity index (χ3v) is 4.48. The fraction of sp³-hybridized carbons (Fsp3) is 0.600. The summed E-state index contributed by atoms with van der Waals surface area (Å²) in [7, 11) is 0. The number of fused-ring (bicyclic) bond motifs is 1. The van der Waals surface area contributed by atoms with Crippen molar-refractivity contribution in [1.29, 1.82) is 0 Å². The normalized spacial score (nSPS) is 29.8. The van der Waals surface area contributed by atoms with Gasteiger partial charge in [0.05, 0.1) is 17.9 Å². The van der Waals surface area contributed by atoms with Gasteiger partial charge in [-0.3, -0.25) is 9.78 Å². The number of hydrogen-bond donors (Lipinski definition) is 2. The molecule has 2 aliphatic rings. The van der Waals surface area contributed by atoms with E-state index in [4.69, 9.17) is 0 Å². The van der Waals surface area contributed by atoms with Gasteiger partial charge in [0, 0.05) is 12.2 Å². The molecule has 1 aromatic rings. The Labute approximate surface area is 114 Å². The minimum Gasteiger partial charge on any atom is -0.323 e. The van der Waals surface area contributed by atoms with E-state index in [-0.39, 0.29) is 11.9 Å². The maximum absolute atomic E-state index is 12.3. The SMILES string of the molecule is Cc1ccncc1NC(=O)C1CC2CCCCC2N1. The number of nitrogens with zero attached hydrogens (tertiary/aromatic N) is 1. The maximum Gasteiger partial charge on any atom is 0.241 e. The van der Waals surface area contributed by atoms with Gasteiger partial charge in [0.25, 0.3) is 0 Å². The Bertz CT molecular complexity index is 460. The number of carbonyl (C=O) groups is 1. The van der Waals surface area contributed by atoms with Crippen molar-refractivity contribution in [1.82, 2.24) is 10.3 Å². The van der Waals surface area contributed by atoms with Gasteiger partial charge in [-0.2, -0.15) is 0 Å². The number of anilines is 1. The maximum atomic E-state index is 12.3. The van der Waals surface area contributed by atoms with Gasteiger partial charge in [-0.1, -0.05) is 12.8 Å². The molecule has 3 unspecified atom stereocenters. The minimum atomic E-state index is -0.0345. The highest BCUT2D eigenvalue weighted by Gasteiger charge is 2.38. The van der Waals surface area contributed by atoms with Gasteiger partial charge in [-0.25, -0.2) is 0 Å². The molecule has 1 saturated carbocycles. The number of pyridine rings is 1. The first kappa shape index (κ1) is 12.6. The molecular formula is C15H21N3O. The smallest absolute Gasteiger partial charge is 0.241 e. The highest BCUT2D eigenvalue weighted by atomic mass is 16.2. The van der Waals surface area contributed by atoms with Crippen molar-refractivity contribution in [3.63, 3.8) is 0 Å². The summed E-state index contributed by atoms with van der Waals surface area (Å²) in [5, 5.41) is 6.50. The number of nitrogens with one attached hydrogen (secondary N) is 2. The topological polar surface area (TPSA) is 54.0 Å². The zero-order valence-corrected chi connectivity index (χ0v) is 11.4. The summed E-state index contributed by atoms with van der Waals surface area (Å²) in [4.78, 5) is 16.4. The molecule has 2 N–H and O–H groups in total. The Morgan fingerprint density at radius 3 is 3.05 bits per heavy atom. The van der Waals surface area contributed by atoms with Crippen LogP contribution in [0.2, 0.25) is 0 Å². The molecule has 2 heterocycles. The highest BCUT2D eigenvalue weighted by Crippen LogP contribution is 2.33. The fourth-order valence-corrected chi connectivity index (χ4v) is 3.34. The third kappa shape index (κ3) is 2.63. The lowest BCUT2D eigenvalue weighted by Gasteiger charge is -2.24. The third-order valence-electron chi connectivity index (χ3n) is 4.48. The van der Waals surface area contributed by atoms with Crippen LogP contribution < -0.4 is 10.6 Å². The Hall–Kier alpha value is -1.42. The number of amides is 1. The van der Waals surface area contributed by atoms with Crippen molar-refractivity contribution in [3.05, 3.63) is 24.0 Å². The predicted octanol–water partition coefficient (Wildman–Crippen LogP) is 2.25. The number of carbonyl (C=O) groups excluding carboxylic acids is 1. The summed E-state index contributed by atoms with van der Waals surface area (Å²) in [5.74, 6) is 0.782. The zero-order chi connectivity index (χ0) is 13.2. The van der Waals surface area contributed by atoms with Gasteiger partial charge in [-0.15, -0.1) is 0 Å². The van der Waals surface area contributed by atoms with Crippen molar-refractivity contribution in [2.45, 2.75) is 51.1 Å². The van der Waals surface area contributed by atoms with E-state index in [1.165, 1.54) is 25.7 Å². The molecule has 19 heavy (non-hydrogen) atoms. The van der Waals surface area contributed by atoms with Crippen LogP contribution in [0.25, 0.3) is 0 Å². The van der Waals surface area contributed by atoms with E-state index in [9.17, 15) is 4.79 Å². The molecule has 4 heteroatoms. The van der Waals surface area contributed by atoms with Crippen molar-refractivity contribution in [2.24, 2.45) is 5.92 Å². The summed E-state index contributed by atoms with van der Waals surface area (Å²) >= 11 is 0. The number of aromatic nitrogens is 1. The van der Waals surface area contributed by atoms with Crippen LogP contribution in [0.4, 0.5) is 5.69 Å². The Balaban J connectivity index is 1.64. The lowest BCUT2D eigenvalue weighted by atomic mass is 9.85. The molecule has 1 aromatic heterocycles. The second-order valence-corrected chi connectivity index (χ2v) is 5.79. The lowest BCUT2D eigenvalue weighted by molar-refractivity contribution is -0.117. The van der Waals surface area contributed by atoms with Crippen LogP contribution in [0, 0.1) is 12.8 Å². The van der Waals surface area contributed by atoms with E-state index in [2.05, 4.69) is 15.6 Å². The standard InChI is InChI=1S/C15H21N3O/c1-10-6-7-16-9-14(10)18-15(19)13-8-11-4-2-3-5-12(11)17-13/h6-7,9,11-13,17H,2-5,8H2,1H3,(H,18,19). The average molecular weight is 259 g/mol. The minimum absolute atomic E-state index is 0.0345.